The van der Waals surface area contributed by atoms with Crippen molar-refractivity contribution in [3.8, 4) is 0 Å². The first-order chi connectivity index (χ1) is 36.0. The summed E-state index contributed by atoms with van der Waals surface area (Å²) in [5.41, 5.74) is 9.19. The molecular formula is C41H57F2N13O17P2S. The maximum Gasteiger partial charge on any atom is 0.472 e. The predicted molar refractivity (Wildman–Crippen MR) is 259 cm³/mol. The maximum absolute atomic E-state index is 16.6. The molecule has 7 heterocycles. The van der Waals surface area contributed by atoms with Crippen molar-refractivity contribution in [3.63, 3.8) is 0 Å². The van der Waals surface area contributed by atoms with Gasteiger partial charge in [-0.3, -0.25) is 65.9 Å². The first kappa shape index (κ1) is 57.9. The summed E-state index contributed by atoms with van der Waals surface area (Å²) < 4.78 is 96.9. The fraction of sp³-hybridized carbons (Fsp3) is 0.634. The number of ether oxygens (including phenoxy) is 2. The molecule has 418 valence electrons. The molecule has 4 fully saturated rings. The molecule has 0 radical (unpaired) electrons. The normalized spacial score (nSPS) is 28.7. The summed E-state index contributed by atoms with van der Waals surface area (Å²) in [4.78, 5) is 126. The number of halogens is 2. The Bertz CT molecular complexity index is 2850. The predicted octanol–water partition coefficient (Wildman–Crippen LogP) is -0.302. The van der Waals surface area contributed by atoms with Gasteiger partial charge in [0.15, 0.2) is 36.3 Å². The molecule has 7 rings (SSSR count). The van der Waals surface area contributed by atoms with Gasteiger partial charge in [0.1, 0.15) is 48.3 Å². The van der Waals surface area contributed by atoms with E-state index >= 15 is 8.78 Å². The van der Waals surface area contributed by atoms with E-state index in [2.05, 4.69) is 36.2 Å². The Kier molecular flexibility index (Phi) is 19.2. The molecule has 4 aliphatic heterocycles. The van der Waals surface area contributed by atoms with E-state index < -0.39 is 130 Å². The number of unbranched alkanes of at least 4 members (excludes halogenated alkanes) is 1. The fourth-order valence-electron chi connectivity index (χ4n) is 8.52. The third kappa shape index (κ3) is 14.2. The van der Waals surface area contributed by atoms with Crippen LogP contribution in [0.2, 0.25) is 0 Å². The second-order valence-electron chi connectivity index (χ2n) is 18.1. The van der Waals surface area contributed by atoms with Crippen LogP contribution >= 0.6 is 26.0 Å². The summed E-state index contributed by atoms with van der Waals surface area (Å²) >= 11 is 0.408. The van der Waals surface area contributed by atoms with Crippen LogP contribution < -0.4 is 44.0 Å². The number of carbonyl (C=O) groups excluding carboxylic acids is 6. The number of nitrogens with zero attached hydrogens (tertiary/aromatic N) is 6. The number of aromatic nitrogens is 6. The molecule has 0 aromatic carbocycles. The van der Waals surface area contributed by atoms with Gasteiger partial charge in [0.2, 0.25) is 29.5 Å². The Morgan fingerprint density at radius 1 is 0.882 bits per heavy atom. The number of imide groups is 1. The van der Waals surface area contributed by atoms with Gasteiger partial charge in [-0.1, -0.05) is 13.8 Å². The zero-order chi connectivity index (χ0) is 55.1. The van der Waals surface area contributed by atoms with Crippen LogP contribution in [0.1, 0.15) is 71.2 Å². The molecule has 4 unspecified atom stereocenters. The lowest BCUT2D eigenvalue weighted by molar-refractivity contribution is -0.138. The molecular weight excluding hydrogens is 1080 g/mol. The van der Waals surface area contributed by atoms with Crippen LogP contribution in [0.3, 0.4) is 0 Å². The molecule has 12 atom stereocenters. The highest BCUT2D eigenvalue weighted by Gasteiger charge is 2.55. The Morgan fingerprint density at radius 2 is 1.55 bits per heavy atom. The van der Waals surface area contributed by atoms with E-state index in [-0.39, 0.29) is 86.3 Å². The quantitative estimate of drug-likeness (QED) is 0.0409. The van der Waals surface area contributed by atoms with Crippen molar-refractivity contribution < 1.29 is 79.1 Å². The monoisotopic (exact) mass is 1140 g/mol. The van der Waals surface area contributed by atoms with Gasteiger partial charge >= 0.3 is 26.3 Å². The number of H-pyrrole nitrogens is 1. The van der Waals surface area contributed by atoms with E-state index in [4.69, 9.17) is 39.0 Å². The molecule has 35 heteroatoms. The third-order valence-corrected chi connectivity index (χ3v) is 17.1. The first-order valence-electron chi connectivity index (χ1n) is 23.9. The second-order valence-corrected chi connectivity index (χ2v) is 23.6. The number of phosphoric ester groups is 1. The molecule has 76 heavy (non-hydrogen) atoms. The average Bonchev–Trinajstić information content (AvgIpc) is 4.10. The molecule has 3 aromatic rings. The van der Waals surface area contributed by atoms with Crippen LogP contribution in [0, 0.1) is 5.92 Å². The number of anilines is 1. The standard InChI is InChI=1S/C41H57F2N13O17P2S/c1-20(2)30(52-24(57)7-3-4-13-54-26(59)8-9-27(54)60)37(62)51-21(6-5-11-47-40(45)63)36(61)46-12-15-76-75(67)69-17-23-32(28(42)39(71-23)56-19-50-31-34(44)48-18-49-35(31)56)72-74(65,66)68-16-22-33(73-75)29(43)38(70-22)55-14-10-25(58)53-41(55)64/h10,14,18-23,28-30,32-33,38-39H,3-9,11-13,15-17H2,1-2H3,(H,46,61)(H,51,62)(H,52,57)(H,65,66)(H2,44,48,49)(H3,45,47,63)(H,53,58,64)/t21?,22-,23-,28-,29-,30?,32-,33-,38-,39-,75?/m1/s1. The summed E-state index contributed by atoms with van der Waals surface area (Å²) in [7, 11) is -5.33. The molecule has 4 aliphatic rings. The number of primary amides is 1. The van der Waals surface area contributed by atoms with Crippen LogP contribution in [-0.4, -0.2) is 162 Å². The largest absolute Gasteiger partial charge is 0.472 e. The zero-order valence-electron chi connectivity index (χ0n) is 40.7. The minimum Gasteiger partial charge on any atom is -0.382 e. The van der Waals surface area contributed by atoms with E-state index in [1.807, 2.05) is 4.98 Å². The summed E-state index contributed by atoms with van der Waals surface area (Å²) in [6.45, 7) is -3.68. The number of aromatic amines is 1. The Hall–Kier alpha value is -5.76. The number of fused-ring (bicyclic) bond motifs is 3. The van der Waals surface area contributed by atoms with Gasteiger partial charge in [-0.25, -0.2) is 42.5 Å². The Morgan fingerprint density at radius 3 is 2.22 bits per heavy atom. The molecule has 7 amide bonds. The number of nitrogen functional groups attached to an aromatic ring is 1. The Labute approximate surface area is 433 Å². The van der Waals surface area contributed by atoms with E-state index in [0.29, 0.717) is 28.8 Å². The minimum atomic E-state index is -5.33. The summed E-state index contributed by atoms with van der Waals surface area (Å²) in [6, 6.07) is -2.38. The topological polar surface area (TPSA) is 414 Å². The lowest BCUT2D eigenvalue weighted by atomic mass is 10.0. The number of amides is 7. The van der Waals surface area contributed by atoms with Gasteiger partial charge in [-0.05, 0) is 43.0 Å². The molecule has 3 aromatic heterocycles. The van der Waals surface area contributed by atoms with E-state index in [1.54, 1.807) is 13.8 Å². The van der Waals surface area contributed by atoms with Crippen molar-refractivity contribution in [3.05, 3.63) is 45.8 Å². The number of nitrogens with one attached hydrogen (secondary N) is 5. The fourth-order valence-corrected chi connectivity index (χ4v) is 12.8. The summed E-state index contributed by atoms with van der Waals surface area (Å²) in [5.74, 6) is -3.47. The van der Waals surface area contributed by atoms with Crippen molar-refractivity contribution in [2.24, 2.45) is 11.7 Å². The zero-order valence-corrected chi connectivity index (χ0v) is 43.3. The van der Waals surface area contributed by atoms with Crippen LogP contribution in [0.5, 0.6) is 0 Å². The highest BCUT2D eigenvalue weighted by atomic mass is 32.7. The molecule has 0 bridgehead atoms. The number of urea groups is 1. The highest BCUT2D eigenvalue weighted by molar-refractivity contribution is 8.55. The summed E-state index contributed by atoms with van der Waals surface area (Å²) in [5, 5.41) is 10.3. The molecule has 0 saturated carbocycles. The molecule has 0 spiro atoms. The van der Waals surface area contributed by atoms with Gasteiger partial charge in [0.05, 0.1) is 19.5 Å². The third-order valence-electron chi connectivity index (χ3n) is 12.3. The summed E-state index contributed by atoms with van der Waals surface area (Å²) in [6.07, 6.45) is -11.8. The van der Waals surface area contributed by atoms with Gasteiger partial charge < -0.3 is 47.1 Å². The lowest BCUT2D eigenvalue weighted by Crippen LogP contribution is -2.55. The van der Waals surface area contributed by atoms with E-state index in [1.165, 1.54) is 0 Å². The van der Waals surface area contributed by atoms with Gasteiger partial charge in [0, 0.05) is 56.9 Å². The van der Waals surface area contributed by atoms with Gasteiger partial charge in [-0.2, -0.15) is 0 Å². The van der Waals surface area contributed by atoms with E-state index in [9.17, 15) is 52.4 Å². The number of alkyl halides is 2. The average molecular weight is 1140 g/mol. The van der Waals surface area contributed by atoms with E-state index in [0.717, 1.165) is 34.4 Å². The number of imidazole rings is 1. The SMILES string of the molecule is CC(C)C(NC(=O)CCCCN1C(=O)CCC1=O)C(=O)NC(CCCNC(N)=O)C(=O)NCCSP1(=O)OC[C@H]2O[C@@H](n3cnc4c(N)ncnc43)[C@H](F)[C@@H]2OP(=O)(O)OC[C@H]2O[C@@H](n3ccc(=O)[nH]c3=O)[C@H](F)[C@@H]2O1. The van der Waals surface area contributed by atoms with Crippen molar-refractivity contribution in [1.29, 1.82) is 0 Å². The number of rotatable bonds is 20. The molecule has 30 nitrogen and oxygen atoms in total. The molecule has 4 saturated heterocycles. The smallest absolute Gasteiger partial charge is 0.382 e. The van der Waals surface area contributed by atoms with Crippen molar-refractivity contribution in [2.75, 3.05) is 44.3 Å². The van der Waals surface area contributed by atoms with Crippen molar-refractivity contribution in [2.45, 2.75) is 120 Å². The van der Waals surface area contributed by atoms with Crippen LogP contribution in [0.25, 0.3) is 11.2 Å². The number of nitrogens with two attached hydrogens (primary N) is 2. The first-order valence-corrected chi connectivity index (χ1v) is 28.5. The molecule has 10 N–H and O–H groups in total. The van der Waals surface area contributed by atoms with Gasteiger partial charge in [-0.15, -0.1) is 0 Å². The van der Waals surface area contributed by atoms with Crippen molar-refractivity contribution in [1.82, 2.24) is 55.2 Å². The number of phosphoric acid groups is 1. The number of carbonyl (C=O) groups is 6. The van der Waals surface area contributed by atoms with Gasteiger partial charge in [0.25, 0.3) is 5.56 Å². The maximum atomic E-state index is 16.6. The number of hydrogen-bond acceptors (Lipinski definition) is 21. The van der Waals surface area contributed by atoms with Crippen LogP contribution in [-0.2, 0) is 60.7 Å². The molecule has 0 aliphatic carbocycles. The number of likely N-dealkylation sites (tertiary alicyclic amines) is 1. The highest BCUT2D eigenvalue weighted by Crippen LogP contribution is 2.64. The van der Waals surface area contributed by atoms with Crippen molar-refractivity contribution >= 4 is 78.6 Å². The Balaban J connectivity index is 1.05. The minimum absolute atomic E-state index is 0.00409. The second kappa shape index (κ2) is 25.1. The number of hydrogen-bond donors (Lipinski definition) is 8. The lowest BCUT2D eigenvalue weighted by Gasteiger charge is -2.29. The van der Waals surface area contributed by atoms with Crippen LogP contribution in [0.15, 0.2) is 34.5 Å². The van der Waals surface area contributed by atoms with Crippen LogP contribution in [0.4, 0.5) is 19.4 Å².